The van der Waals surface area contributed by atoms with Crippen molar-refractivity contribution < 1.29 is 8.42 Å². The van der Waals surface area contributed by atoms with Gasteiger partial charge in [-0.15, -0.1) is 0 Å². The summed E-state index contributed by atoms with van der Waals surface area (Å²) in [6, 6.07) is 6.96. The van der Waals surface area contributed by atoms with E-state index in [2.05, 4.69) is 18.6 Å². The van der Waals surface area contributed by atoms with Crippen LogP contribution >= 0.6 is 0 Å². The van der Waals surface area contributed by atoms with Crippen LogP contribution in [0.1, 0.15) is 38.2 Å². The van der Waals surface area contributed by atoms with Gasteiger partial charge >= 0.3 is 0 Å². The highest BCUT2D eigenvalue weighted by Gasteiger charge is 2.29. The van der Waals surface area contributed by atoms with Gasteiger partial charge in [-0.1, -0.05) is 26.0 Å². The fourth-order valence-corrected chi connectivity index (χ4v) is 3.09. The molecule has 3 N–H and O–H groups in total. The number of sulfonamides is 1. The molecule has 0 bridgehead atoms. The number of nitrogens with two attached hydrogens (primary N) is 1. The second-order valence-electron chi connectivity index (χ2n) is 5.58. The van der Waals surface area contributed by atoms with Crippen LogP contribution in [0, 0.1) is 5.92 Å². The molecule has 1 unspecified atom stereocenters. The molecule has 1 fully saturated rings. The molecule has 1 aromatic rings. The van der Waals surface area contributed by atoms with Gasteiger partial charge in [-0.05, 0) is 42.4 Å². The molecule has 1 aliphatic carbocycles. The van der Waals surface area contributed by atoms with E-state index in [9.17, 15) is 8.42 Å². The van der Waals surface area contributed by atoms with Gasteiger partial charge < -0.3 is 5.73 Å². The van der Waals surface area contributed by atoms with Crippen LogP contribution < -0.4 is 10.5 Å². The molecule has 106 valence electrons. The van der Waals surface area contributed by atoms with Gasteiger partial charge in [0.05, 0.1) is 4.90 Å². The molecule has 0 heterocycles. The average Bonchev–Trinajstić information content (AvgIpc) is 3.20. The molecule has 4 nitrogen and oxygen atoms in total. The van der Waals surface area contributed by atoms with Gasteiger partial charge in [0.15, 0.2) is 0 Å². The number of benzene rings is 1. The van der Waals surface area contributed by atoms with Gasteiger partial charge in [0.2, 0.25) is 10.0 Å². The van der Waals surface area contributed by atoms with E-state index in [4.69, 9.17) is 5.73 Å². The Labute approximate surface area is 115 Å². The summed E-state index contributed by atoms with van der Waals surface area (Å²) < 4.78 is 26.8. The zero-order chi connectivity index (χ0) is 14.0. The van der Waals surface area contributed by atoms with Gasteiger partial charge in [0.25, 0.3) is 0 Å². The van der Waals surface area contributed by atoms with Crippen molar-refractivity contribution >= 4 is 10.0 Å². The fourth-order valence-electron chi connectivity index (χ4n) is 2.01. The lowest BCUT2D eigenvalue weighted by molar-refractivity contribution is 0.547. The summed E-state index contributed by atoms with van der Waals surface area (Å²) in [4.78, 5) is 0.305. The minimum Gasteiger partial charge on any atom is -0.326 e. The highest BCUT2D eigenvalue weighted by molar-refractivity contribution is 7.89. The smallest absolute Gasteiger partial charge is 0.240 e. The lowest BCUT2D eigenvalue weighted by Gasteiger charge is -2.12. The van der Waals surface area contributed by atoms with Crippen molar-refractivity contribution in [2.75, 3.05) is 6.54 Å². The van der Waals surface area contributed by atoms with Crippen molar-refractivity contribution in [1.82, 2.24) is 4.72 Å². The average molecular weight is 282 g/mol. The van der Waals surface area contributed by atoms with Crippen LogP contribution in [0.4, 0.5) is 0 Å². The predicted octanol–water partition coefficient (Wildman–Crippen LogP) is 1.83. The summed E-state index contributed by atoms with van der Waals surface area (Å²) in [6.45, 7) is 4.48. The Hall–Kier alpha value is -0.910. The molecule has 1 saturated carbocycles. The molecule has 0 aliphatic heterocycles. The maximum absolute atomic E-state index is 12.1. The molecular weight excluding hydrogens is 260 g/mol. The third-order valence-electron chi connectivity index (χ3n) is 3.59. The Morgan fingerprint density at radius 2 is 1.84 bits per heavy atom. The standard InChI is InChI=1S/C14H22N2O2S/c1-10(2)11-5-7-13(8-6-11)19(17,18)16-9-14(15)12-3-4-12/h5-8,10,12,14,16H,3-4,9,15H2,1-2H3. The molecule has 1 aromatic carbocycles. The number of nitrogens with one attached hydrogen (secondary N) is 1. The van der Waals surface area contributed by atoms with E-state index < -0.39 is 10.0 Å². The van der Waals surface area contributed by atoms with E-state index in [1.54, 1.807) is 12.1 Å². The topological polar surface area (TPSA) is 72.2 Å². The Morgan fingerprint density at radius 3 is 2.32 bits per heavy atom. The molecule has 2 rings (SSSR count). The molecule has 0 saturated heterocycles. The van der Waals surface area contributed by atoms with E-state index in [0.29, 0.717) is 23.3 Å². The van der Waals surface area contributed by atoms with Crippen LogP contribution in [0.3, 0.4) is 0 Å². The first-order valence-corrected chi connectivity index (χ1v) is 8.23. The predicted molar refractivity (Wildman–Crippen MR) is 76.4 cm³/mol. The molecule has 1 aliphatic rings. The van der Waals surface area contributed by atoms with Crippen molar-refractivity contribution in [2.45, 2.75) is 43.5 Å². The lowest BCUT2D eigenvalue weighted by atomic mass is 10.0. The highest BCUT2D eigenvalue weighted by Crippen LogP contribution is 2.31. The van der Waals surface area contributed by atoms with Crippen molar-refractivity contribution in [3.8, 4) is 0 Å². The van der Waals surface area contributed by atoms with E-state index in [1.807, 2.05) is 12.1 Å². The van der Waals surface area contributed by atoms with E-state index in [-0.39, 0.29) is 6.04 Å². The fraction of sp³-hybridized carbons (Fsp3) is 0.571. The van der Waals surface area contributed by atoms with Crippen LogP contribution in [-0.4, -0.2) is 21.0 Å². The molecule has 1 atom stereocenters. The second-order valence-corrected chi connectivity index (χ2v) is 7.34. The third-order valence-corrected chi connectivity index (χ3v) is 5.03. The highest BCUT2D eigenvalue weighted by atomic mass is 32.2. The van der Waals surface area contributed by atoms with Crippen molar-refractivity contribution in [2.24, 2.45) is 11.7 Å². The summed E-state index contributed by atoms with van der Waals surface area (Å²) in [5.41, 5.74) is 7.03. The van der Waals surface area contributed by atoms with Crippen LogP contribution in [0.5, 0.6) is 0 Å². The first kappa shape index (κ1) is 14.5. The van der Waals surface area contributed by atoms with Crippen LogP contribution in [0.15, 0.2) is 29.2 Å². The second kappa shape index (κ2) is 5.61. The van der Waals surface area contributed by atoms with Gasteiger partial charge in [0, 0.05) is 12.6 Å². The summed E-state index contributed by atoms with van der Waals surface area (Å²) in [5, 5.41) is 0. The minimum atomic E-state index is -3.43. The van der Waals surface area contributed by atoms with E-state index >= 15 is 0 Å². The quantitative estimate of drug-likeness (QED) is 0.836. The Bertz CT molecular complexity index is 519. The van der Waals surface area contributed by atoms with Crippen molar-refractivity contribution in [3.05, 3.63) is 29.8 Å². The van der Waals surface area contributed by atoms with Gasteiger partial charge in [-0.25, -0.2) is 13.1 Å². The number of hydrogen-bond donors (Lipinski definition) is 2. The van der Waals surface area contributed by atoms with Crippen molar-refractivity contribution in [1.29, 1.82) is 0 Å². The summed E-state index contributed by atoms with van der Waals surface area (Å²) >= 11 is 0. The number of hydrogen-bond acceptors (Lipinski definition) is 3. The summed E-state index contributed by atoms with van der Waals surface area (Å²) in [6.07, 6.45) is 2.23. The lowest BCUT2D eigenvalue weighted by Crippen LogP contribution is -2.38. The largest absolute Gasteiger partial charge is 0.326 e. The van der Waals surface area contributed by atoms with Crippen LogP contribution in [0.2, 0.25) is 0 Å². The normalized spacial score (nSPS) is 17.7. The zero-order valence-corrected chi connectivity index (χ0v) is 12.3. The SMILES string of the molecule is CC(C)c1ccc(S(=O)(=O)NCC(N)C2CC2)cc1. The first-order chi connectivity index (χ1) is 8.90. The molecule has 0 radical (unpaired) electrons. The van der Waals surface area contributed by atoms with Gasteiger partial charge in [0.1, 0.15) is 0 Å². The first-order valence-electron chi connectivity index (χ1n) is 6.75. The maximum Gasteiger partial charge on any atom is 0.240 e. The summed E-state index contributed by atoms with van der Waals surface area (Å²) in [7, 11) is -3.43. The van der Waals surface area contributed by atoms with Crippen LogP contribution in [-0.2, 0) is 10.0 Å². The van der Waals surface area contributed by atoms with Gasteiger partial charge in [-0.2, -0.15) is 0 Å². The number of rotatable bonds is 6. The van der Waals surface area contributed by atoms with Gasteiger partial charge in [-0.3, -0.25) is 0 Å². The summed E-state index contributed by atoms with van der Waals surface area (Å²) in [5.74, 6) is 0.888. The minimum absolute atomic E-state index is 0.0651. The molecule has 0 spiro atoms. The third kappa shape index (κ3) is 3.78. The molecule has 5 heteroatoms. The zero-order valence-electron chi connectivity index (χ0n) is 11.5. The molecule has 0 amide bonds. The Morgan fingerprint density at radius 1 is 1.26 bits per heavy atom. The molecule has 19 heavy (non-hydrogen) atoms. The molecule has 0 aromatic heterocycles. The Balaban J connectivity index is 2.01. The monoisotopic (exact) mass is 282 g/mol. The van der Waals surface area contributed by atoms with E-state index in [1.165, 1.54) is 0 Å². The van der Waals surface area contributed by atoms with E-state index in [0.717, 1.165) is 18.4 Å². The van der Waals surface area contributed by atoms with Crippen molar-refractivity contribution in [3.63, 3.8) is 0 Å². The Kier molecular flexibility index (Phi) is 4.28. The maximum atomic E-state index is 12.1. The molecular formula is C14H22N2O2S. The van der Waals surface area contributed by atoms with Crippen LogP contribution in [0.25, 0.3) is 0 Å².